The number of anilines is 2. The summed E-state index contributed by atoms with van der Waals surface area (Å²) in [6.07, 6.45) is 0.892. The number of nitrogen functional groups attached to an aromatic ring is 1. The Bertz CT molecular complexity index is 463. The van der Waals surface area contributed by atoms with E-state index in [1.165, 1.54) is 18.9 Å². The van der Waals surface area contributed by atoms with Crippen LogP contribution in [0.3, 0.4) is 0 Å². The molecule has 1 saturated carbocycles. The molecule has 1 aromatic rings. The van der Waals surface area contributed by atoms with Crippen molar-refractivity contribution in [3.63, 3.8) is 0 Å². The van der Waals surface area contributed by atoms with E-state index in [1.54, 1.807) is 12.1 Å². The molecule has 1 saturated heterocycles. The minimum Gasteiger partial charge on any atom is -0.399 e. The number of hydrogen-bond donors (Lipinski definition) is 2. The largest absolute Gasteiger partial charge is 0.399 e. The van der Waals surface area contributed by atoms with Gasteiger partial charge in [-0.15, -0.1) is 0 Å². The molecule has 1 heterocycles. The van der Waals surface area contributed by atoms with Crippen molar-refractivity contribution in [2.24, 2.45) is 5.92 Å². The lowest BCUT2D eigenvalue weighted by Crippen LogP contribution is -2.31. The van der Waals surface area contributed by atoms with Crippen molar-refractivity contribution in [2.75, 3.05) is 17.7 Å². The molecule has 1 aromatic carbocycles. The van der Waals surface area contributed by atoms with Gasteiger partial charge in [0.25, 0.3) is 6.43 Å². The molecule has 3 N–H and O–H groups in total. The Balaban J connectivity index is 1.78. The van der Waals surface area contributed by atoms with Gasteiger partial charge >= 0.3 is 0 Å². The summed E-state index contributed by atoms with van der Waals surface area (Å²) in [7, 11) is 0. The fourth-order valence-electron chi connectivity index (χ4n) is 2.75. The second-order valence-corrected chi connectivity index (χ2v) is 5.36. The molecule has 0 amide bonds. The third-order valence-corrected chi connectivity index (χ3v) is 3.87. The quantitative estimate of drug-likeness (QED) is 0.824. The average molecular weight is 268 g/mol. The van der Waals surface area contributed by atoms with E-state index in [0.717, 1.165) is 6.42 Å². The minimum atomic E-state index is -2.52. The molecule has 2 fully saturated rings. The zero-order valence-corrected chi connectivity index (χ0v) is 10.6. The molecule has 104 valence electrons. The number of nitrogens with two attached hydrogens (primary N) is 1. The van der Waals surface area contributed by atoms with E-state index in [4.69, 9.17) is 10.5 Å². The normalized spacial score (nSPS) is 26.9. The summed E-state index contributed by atoms with van der Waals surface area (Å²) in [6, 6.07) is 4.76. The number of rotatable bonds is 4. The van der Waals surface area contributed by atoms with Gasteiger partial charge in [-0.1, -0.05) is 0 Å². The number of alkyl halides is 2. The second kappa shape index (κ2) is 4.96. The summed E-state index contributed by atoms with van der Waals surface area (Å²) in [6.45, 7) is 0.706. The lowest BCUT2D eigenvalue weighted by atomic mass is 10.0. The molecule has 3 nitrogen and oxygen atoms in total. The van der Waals surface area contributed by atoms with Gasteiger partial charge in [-0.3, -0.25) is 0 Å². The van der Waals surface area contributed by atoms with Crippen molar-refractivity contribution in [2.45, 2.75) is 37.8 Å². The first-order valence-corrected chi connectivity index (χ1v) is 6.71. The third-order valence-electron chi connectivity index (χ3n) is 3.87. The van der Waals surface area contributed by atoms with Gasteiger partial charge in [-0.25, -0.2) is 8.78 Å². The molecule has 1 aliphatic heterocycles. The predicted octanol–water partition coefficient (Wildman–Crippen LogP) is 3.19. The van der Waals surface area contributed by atoms with E-state index in [9.17, 15) is 8.78 Å². The minimum absolute atomic E-state index is 0.0264. The van der Waals surface area contributed by atoms with Crippen molar-refractivity contribution in [1.82, 2.24) is 0 Å². The standard InChI is InChI=1S/C14H18F2N2O/c15-14(16)10-7-9(17)3-4-11(10)18-12-5-6-19-13(12)8-1-2-8/h3-4,7-8,12-14,18H,1-2,5-6,17H2. The van der Waals surface area contributed by atoms with Crippen molar-refractivity contribution in [3.05, 3.63) is 23.8 Å². The highest BCUT2D eigenvalue weighted by Crippen LogP contribution is 2.40. The molecule has 3 rings (SSSR count). The van der Waals surface area contributed by atoms with E-state index >= 15 is 0 Å². The molecule has 1 aliphatic carbocycles. The van der Waals surface area contributed by atoms with Crippen LogP contribution in [0, 0.1) is 5.92 Å². The van der Waals surface area contributed by atoms with Crippen molar-refractivity contribution in [3.8, 4) is 0 Å². The van der Waals surface area contributed by atoms with Gasteiger partial charge in [0.2, 0.25) is 0 Å². The van der Waals surface area contributed by atoms with Crippen molar-refractivity contribution in [1.29, 1.82) is 0 Å². The van der Waals surface area contributed by atoms with Gasteiger partial charge in [0.1, 0.15) is 0 Å². The second-order valence-electron chi connectivity index (χ2n) is 5.36. The first-order valence-electron chi connectivity index (χ1n) is 6.71. The topological polar surface area (TPSA) is 47.3 Å². The highest BCUT2D eigenvalue weighted by atomic mass is 19.3. The number of ether oxygens (including phenoxy) is 1. The Morgan fingerprint density at radius 1 is 1.26 bits per heavy atom. The molecule has 0 spiro atoms. The molecule has 5 heteroatoms. The van der Waals surface area contributed by atoms with Crippen LogP contribution in [0.2, 0.25) is 0 Å². The van der Waals surface area contributed by atoms with Gasteiger partial charge in [0, 0.05) is 23.5 Å². The highest BCUT2D eigenvalue weighted by molar-refractivity contribution is 5.59. The lowest BCUT2D eigenvalue weighted by molar-refractivity contribution is 0.0897. The highest BCUT2D eigenvalue weighted by Gasteiger charge is 2.40. The molecule has 2 unspecified atom stereocenters. The van der Waals surface area contributed by atoms with Crippen LogP contribution >= 0.6 is 0 Å². The SMILES string of the molecule is Nc1ccc(NC2CCOC2C2CC2)c(C(F)F)c1. The van der Waals surface area contributed by atoms with Gasteiger partial charge in [-0.2, -0.15) is 0 Å². The molecular weight excluding hydrogens is 250 g/mol. The molecule has 2 atom stereocenters. The molecule has 2 aliphatic rings. The van der Waals surface area contributed by atoms with E-state index in [0.29, 0.717) is 23.9 Å². The average Bonchev–Trinajstić information content (AvgIpc) is 3.12. The zero-order chi connectivity index (χ0) is 13.4. The van der Waals surface area contributed by atoms with Crippen LogP contribution in [0.15, 0.2) is 18.2 Å². The van der Waals surface area contributed by atoms with E-state index in [-0.39, 0.29) is 17.7 Å². The maximum atomic E-state index is 13.0. The molecule has 19 heavy (non-hydrogen) atoms. The Morgan fingerprint density at radius 3 is 2.74 bits per heavy atom. The van der Waals surface area contributed by atoms with Gasteiger partial charge in [0.15, 0.2) is 0 Å². The summed E-state index contributed by atoms with van der Waals surface area (Å²) in [5.74, 6) is 0.601. The summed E-state index contributed by atoms with van der Waals surface area (Å²) in [4.78, 5) is 0. The number of benzene rings is 1. The Kier molecular flexibility index (Phi) is 3.31. The van der Waals surface area contributed by atoms with E-state index in [1.807, 2.05) is 0 Å². The van der Waals surface area contributed by atoms with Crippen LogP contribution < -0.4 is 11.1 Å². The summed E-state index contributed by atoms with van der Waals surface area (Å²) in [5, 5.41) is 3.23. The van der Waals surface area contributed by atoms with Gasteiger partial charge in [0.05, 0.1) is 12.1 Å². The number of nitrogens with one attached hydrogen (secondary N) is 1. The van der Waals surface area contributed by atoms with Crippen molar-refractivity contribution >= 4 is 11.4 Å². The summed E-state index contributed by atoms with van der Waals surface area (Å²) < 4.78 is 31.8. The Labute approximate surface area is 111 Å². The number of halogens is 2. The maximum absolute atomic E-state index is 13.0. The molecule has 0 aromatic heterocycles. The van der Waals surface area contributed by atoms with Gasteiger partial charge < -0.3 is 15.8 Å². The first-order chi connectivity index (χ1) is 9.15. The third kappa shape index (κ3) is 2.66. The van der Waals surface area contributed by atoms with E-state index in [2.05, 4.69) is 5.32 Å². The van der Waals surface area contributed by atoms with Crippen LogP contribution in [0.25, 0.3) is 0 Å². The molecule has 0 bridgehead atoms. The van der Waals surface area contributed by atoms with Crippen molar-refractivity contribution < 1.29 is 13.5 Å². The fourth-order valence-corrected chi connectivity index (χ4v) is 2.75. The van der Waals surface area contributed by atoms with Crippen LogP contribution in [-0.2, 0) is 4.74 Å². The maximum Gasteiger partial charge on any atom is 0.265 e. The Hall–Kier alpha value is -1.36. The number of hydrogen-bond acceptors (Lipinski definition) is 3. The van der Waals surface area contributed by atoms with Crippen LogP contribution in [0.5, 0.6) is 0 Å². The zero-order valence-electron chi connectivity index (χ0n) is 10.6. The Morgan fingerprint density at radius 2 is 2.05 bits per heavy atom. The summed E-state index contributed by atoms with van der Waals surface area (Å²) in [5.41, 5.74) is 6.39. The lowest BCUT2D eigenvalue weighted by Gasteiger charge is -2.22. The first kappa shape index (κ1) is 12.7. The van der Waals surface area contributed by atoms with Crippen LogP contribution in [0.1, 0.15) is 31.3 Å². The summed E-state index contributed by atoms with van der Waals surface area (Å²) >= 11 is 0. The van der Waals surface area contributed by atoms with Crippen LogP contribution in [0.4, 0.5) is 20.2 Å². The predicted molar refractivity (Wildman–Crippen MR) is 70.3 cm³/mol. The van der Waals surface area contributed by atoms with E-state index < -0.39 is 6.43 Å². The fraction of sp³-hybridized carbons (Fsp3) is 0.571. The van der Waals surface area contributed by atoms with Gasteiger partial charge in [-0.05, 0) is 43.4 Å². The monoisotopic (exact) mass is 268 g/mol. The smallest absolute Gasteiger partial charge is 0.265 e. The molecule has 0 radical (unpaired) electrons. The molecular formula is C14H18F2N2O. The van der Waals surface area contributed by atoms with Crippen LogP contribution in [-0.4, -0.2) is 18.8 Å².